The summed E-state index contributed by atoms with van der Waals surface area (Å²) in [6, 6.07) is 23.1. The van der Waals surface area contributed by atoms with E-state index >= 15 is 0 Å². The van der Waals surface area contributed by atoms with E-state index in [0.29, 0.717) is 11.8 Å². The van der Waals surface area contributed by atoms with Gasteiger partial charge < -0.3 is 9.05 Å². The van der Waals surface area contributed by atoms with E-state index in [1.54, 1.807) is 0 Å². The van der Waals surface area contributed by atoms with Gasteiger partial charge in [0, 0.05) is 5.56 Å². The lowest BCUT2D eigenvalue weighted by Gasteiger charge is -2.29. The third kappa shape index (κ3) is 3.35. The molecule has 4 rings (SSSR count). The highest BCUT2D eigenvalue weighted by molar-refractivity contribution is 7.57. The molecule has 1 aliphatic rings. The van der Waals surface area contributed by atoms with Crippen molar-refractivity contribution >= 4 is 13.7 Å². The second-order valence-electron chi connectivity index (χ2n) is 7.53. The Labute approximate surface area is 163 Å². The normalized spacial score (nSPS) is 15.3. The van der Waals surface area contributed by atoms with Crippen LogP contribution in [0.5, 0.6) is 11.5 Å². The van der Waals surface area contributed by atoms with Gasteiger partial charge in [-0.25, -0.2) is 0 Å². The molecule has 27 heavy (non-hydrogen) atoms. The quantitative estimate of drug-likeness (QED) is 0.456. The summed E-state index contributed by atoms with van der Waals surface area (Å²) in [5, 5.41) is 1.14. The Morgan fingerprint density at radius 2 is 1.30 bits per heavy atom. The fourth-order valence-corrected chi connectivity index (χ4v) is 5.05. The maximum atomic E-state index is 6.67. The van der Waals surface area contributed by atoms with Gasteiger partial charge in [-0.2, -0.15) is 0 Å². The van der Waals surface area contributed by atoms with Gasteiger partial charge in [-0.05, 0) is 40.7 Å². The molecule has 1 heterocycles. The average Bonchev–Trinajstić information content (AvgIpc) is 2.68. The van der Waals surface area contributed by atoms with Crippen molar-refractivity contribution in [3.8, 4) is 22.6 Å². The smallest absolute Gasteiger partial charge is 0.326 e. The standard InChI is InChI=1S/C24H25O2P/c1-16(2)18-12-9-13-19(17(3)4)24(18)26-27-23-15-8-6-11-21(23)20-10-5-7-14-22(20)25-27/h5-17H,1-4H3. The minimum atomic E-state index is -1.23. The van der Waals surface area contributed by atoms with Crippen molar-refractivity contribution in [2.45, 2.75) is 39.5 Å². The van der Waals surface area contributed by atoms with Crippen molar-refractivity contribution in [3.63, 3.8) is 0 Å². The lowest BCUT2D eigenvalue weighted by atomic mass is 9.94. The number of fused-ring (bicyclic) bond motifs is 3. The highest BCUT2D eigenvalue weighted by Gasteiger charge is 2.30. The molecule has 0 radical (unpaired) electrons. The largest absolute Gasteiger partial charge is 0.435 e. The molecule has 0 spiro atoms. The first kappa shape index (κ1) is 18.1. The molecule has 0 fully saturated rings. The molecule has 3 aromatic rings. The first-order chi connectivity index (χ1) is 13.1. The molecule has 138 valence electrons. The third-order valence-electron chi connectivity index (χ3n) is 4.95. The third-order valence-corrected chi connectivity index (χ3v) is 6.45. The molecule has 0 saturated carbocycles. The number of benzene rings is 3. The molecule has 1 unspecified atom stereocenters. The molecule has 3 heteroatoms. The monoisotopic (exact) mass is 376 g/mol. The average molecular weight is 376 g/mol. The Hall–Kier alpha value is -2.31. The van der Waals surface area contributed by atoms with Gasteiger partial charge in [0.15, 0.2) is 0 Å². The highest BCUT2D eigenvalue weighted by atomic mass is 31.2. The summed E-state index contributed by atoms with van der Waals surface area (Å²) in [6.45, 7) is 8.85. The topological polar surface area (TPSA) is 18.5 Å². The van der Waals surface area contributed by atoms with E-state index in [-0.39, 0.29) is 0 Å². The second-order valence-corrected chi connectivity index (χ2v) is 8.89. The molecule has 0 bridgehead atoms. The van der Waals surface area contributed by atoms with Crippen LogP contribution >= 0.6 is 8.38 Å². The van der Waals surface area contributed by atoms with Gasteiger partial charge in [0.25, 0.3) is 0 Å². The SMILES string of the molecule is CC(C)c1cccc(C(C)C)c1OP1Oc2ccccc2-c2ccccc21. The van der Waals surface area contributed by atoms with Crippen LogP contribution in [-0.2, 0) is 0 Å². The molecule has 0 N–H and O–H groups in total. The van der Waals surface area contributed by atoms with E-state index < -0.39 is 8.38 Å². The Balaban J connectivity index is 1.81. The van der Waals surface area contributed by atoms with Crippen LogP contribution in [0, 0.1) is 0 Å². The van der Waals surface area contributed by atoms with Gasteiger partial charge in [0.2, 0.25) is 0 Å². The van der Waals surface area contributed by atoms with Crippen LogP contribution < -0.4 is 14.4 Å². The summed E-state index contributed by atoms with van der Waals surface area (Å²) in [5.74, 6) is 2.67. The molecule has 0 amide bonds. The van der Waals surface area contributed by atoms with E-state index in [9.17, 15) is 0 Å². The molecule has 0 aliphatic carbocycles. The van der Waals surface area contributed by atoms with Crippen molar-refractivity contribution in [2.75, 3.05) is 0 Å². The first-order valence-corrected chi connectivity index (χ1v) is 10.7. The van der Waals surface area contributed by atoms with Crippen LogP contribution in [0.4, 0.5) is 0 Å². The Bertz CT molecular complexity index is 936. The predicted octanol–water partition coefficient (Wildman–Crippen LogP) is 7.01. The van der Waals surface area contributed by atoms with Gasteiger partial charge in [0.05, 0.1) is 5.30 Å². The van der Waals surface area contributed by atoms with E-state index in [1.165, 1.54) is 16.7 Å². The van der Waals surface area contributed by atoms with Gasteiger partial charge in [-0.3, -0.25) is 0 Å². The summed E-state index contributed by atoms with van der Waals surface area (Å²) < 4.78 is 13.0. The molecule has 3 aromatic carbocycles. The van der Waals surface area contributed by atoms with Crippen molar-refractivity contribution in [2.24, 2.45) is 0 Å². The van der Waals surface area contributed by atoms with Crippen molar-refractivity contribution in [1.82, 2.24) is 0 Å². The predicted molar refractivity (Wildman–Crippen MR) is 114 cm³/mol. The van der Waals surface area contributed by atoms with Gasteiger partial charge in [-0.1, -0.05) is 82.3 Å². The van der Waals surface area contributed by atoms with Crippen molar-refractivity contribution < 1.29 is 9.05 Å². The first-order valence-electron chi connectivity index (χ1n) is 9.53. The van der Waals surface area contributed by atoms with Crippen molar-refractivity contribution in [1.29, 1.82) is 0 Å². The van der Waals surface area contributed by atoms with Gasteiger partial charge in [-0.15, -0.1) is 0 Å². The second kappa shape index (κ2) is 7.37. The van der Waals surface area contributed by atoms with Crippen LogP contribution in [0.15, 0.2) is 66.7 Å². The zero-order chi connectivity index (χ0) is 19.0. The zero-order valence-corrected chi connectivity index (χ0v) is 17.2. The molecule has 2 nitrogen and oxygen atoms in total. The molecule has 0 aromatic heterocycles. The van der Waals surface area contributed by atoms with Crippen LogP contribution in [0.2, 0.25) is 0 Å². The summed E-state index contributed by atoms with van der Waals surface area (Å²) in [4.78, 5) is 0. The van der Waals surface area contributed by atoms with Crippen LogP contribution in [0.25, 0.3) is 11.1 Å². The number of rotatable bonds is 4. The van der Waals surface area contributed by atoms with E-state index in [0.717, 1.165) is 22.4 Å². The lowest BCUT2D eigenvalue weighted by molar-refractivity contribution is 0.489. The Morgan fingerprint density at radius 1 is 0.704 bits per heavy atom. The molecule has 1 aliphatic heterocycles. The van der Waals surface area contributed by atoms with Crippen LogP contribution in [0.3, 0.4) is 0 Å². The van der Waals surface area contributed by atoms with Crippen LogP contribution in [0.1, 0.15) is 50.7 Å². The van der Waals surface area contributed by atoms with Crippen LogP contribution in [-0.4, -0.2) is 0 Å². The van der Waals surface area contributed by atoms with E-state index in [1.807, 2.05) is 12.1 Å². The number of para-hydroxylation sites is 2. The summed E-state index contributed by atoms with van der Waals surface area (Å²) in [5.41, 5.74) is 4.82. The Kier molecular flexibility index (Phi) is 4.93. The number of hydrogen-bond acceptors (Lipinski definition) is 2. The van der Waals surface area contributed by atoms with E-state index in [4.69, 9.17) is 9.05 Å². The Morgan fingerprint density at radius 3 is 1.96 bits per heavy atom. The van der Waals surface area contributed by atoms with Gasteiger partial charge >= 0.3 is 8.38 Å². The number of hydrogen-bond donors (Lipinski definition) is 0. The molecular formula is C24H25O2P. The summed E-state index contributed by atoms with van der Waals surface area (Å²) in [7, 11) is -1.23. The van der Waals surface area contributed by atoms with E-state index in [2.05, 4.69) is 82.3 Å². The summed E-state index contributed by atoms with van der Waals surface area (Å²) in [6.07, 6.45) is 0. The summed E-state index contributed by atoms with van der Waals surface area (Å²) >= 11 is 0. The fraction of sp³-hybridized carbons (Fsp3) is 0.250. The fourth-order valence-electron chi connectivity index (χ4n) is 3.51. The zero-order valence-electron chi connectivity index (χ0n) is 16.3. The maximum absolute atomic E-state index is 6.67. The molecular weight excluding hydrogens is 351 g/mol. The minimum Gasteiger partial charge on any atom is -0.435 e. The van der Waals surface area contributed by atoms with Crippen molar-refractivity contribution in [3.05, 3.63) is 77.9 Å². The maximum Gasteiger partial charge on any atom is 0.326 e. The minimum absolute atomic E-state index is 0.390. The molecule has 0 saturated heterocycles. The molecule has 1 atom stereocenters. The highest BCUT2D eigenvalue weighted by Crippen LogP contribution is 2.51. The lowest BCUT2D eigenvalue weighted by Crippen LogP contribution is -2.18. The van der Waals surface area contributed by atoms with Gasteiger partial charge in [0.1, 0.15) is 11.5 Å².